The Morgan fingerprint density at radius 2 is 1.85 bits per heavy atom. The Labute approximate surface area is 121 Å². The number of halogens is 1. The van der Waals surface area contributed by atoms with Crippen molar-refractivity contribution in [3.05, 3.63) is 35.1 Å². The Bertz CT molecular complexity index is 450. The van der Waals surface area contributed by atoms with E-state index in [1.54, 1.807) is 13.0 Å². The third-order valence-electron chi connectivity index (χ3n) is 4.88. The molecule has 1 fully saturated rings. The van der Waals surface area contributed by atoms with Crippen LogP contribution in [0, 0.1) is 12.7 Å². The molecule has 1 aromatic rings. The Balaban J connectivity index is 2.35. The molecule has 2 nitrogen and oxygen atoms in total. The molecule has 0 spiro atoms. The summed E-state index contributed by atoms with van der Waals surface area (Å²) in [7, 11) is 0. The van der Waals surface area contributed by atoms with Gasteiger partial charge in [-0.25, -0.2) is 4.39 Å². The first-order valence-electron chi connectivity index (χ1n) is 7.74. The fourth-order valence-corrected chi connectivity index (χ4v) is 3.69. The third-order valence-corrected chi connectivity index (χ3v) is 4.88. The molecule has 0 amide bonds. The first kappa shape index (κ1) is 15.5. The van der Waals surface area contributed by atoms with Crippen LogP contribution in [-0.4, -0.2) is 28.6 Å². The van der Waals surface area contributed by atoms with Crippen molar-refractivity contribution in [3.63, 3.8) is 0 Å². The average Bonchev–Trinajstić information content (AvgIpc) is 2.93. The molecule has 2 rings (SSSR count). The number of likely N-dealkylation sites (N-methyl/N-ethyl adjacent to an activating group) is 1. The van der Waals surface area contributed by atoms with E-state index in [1.807, 2.05) is 6.07 Å². The summed E-state index contributed by atoms with van der Waals surface area (Å²) in [5.41, 5.74) is 1.12. The molecule has 0 saturated heterocycles. The fraction of sp³-hybridized carbons (Fsp3) is 0.647. The highest BCUT2D eigenvalue weighted by Crippen LogP contribution is 2.44. The molecule has 1 atom stereocenters. The predicted molar refractivity (Wildman–Crippen MR) is 80.2 cm³/mol. The van der Waals surface area contributed by atoms with E-state index in [4.69, 9.17) is 0 Å². The summed E-state index contributed by atoms with van der Waals surface area (Å²) in [6.45, 7) is 7.85. The summed E-state index contributed by atoms with van der Waals surface area (Å²) >= 11 is 0. The maximum absolute atomic E-state index is 13.8. The normalized spacial score (nSPS) is 19.5. The van der Waals surface area contributed by atoms with Gasteiger partial charge in [0.2, 0.25) is 0 Å². The molecule has 0 aliphatic heterocycles. The number of benzene rings is 1. The van der Waals surface area contributed by atoms with Gasteiger partial charge in [0.25, 0.3) is 0 Å². The summed E-state index contributed by atoms with van der Waals surface area (Å²) in [4.78, 5) is 2.35. The molecule has 112 valence electrons. The lowest BCUT2D eigenvalue weighted by atomic mass is 9.83. The number of rotatable bonds is 5. The first-order valence-corrected chi connectivity index (χ1v) is 7.74. The lowest BCUT2D eigenvalue weighted by molar-refractivity contribution is -0.0270. The second kappa shape index (κ2) is 6.23. The number of aliphatic hydroxyl groups excluding tert-OH is 1. The van der Waals surface area contributed by atoms with Crippen LogP contribution >= 0.6 is 0 Å². The van der Waals surface area contributed by atoms with Crippen molar-refractivity contribution in [2.24, 2.45) is 0 Å². The smallest absolute Gasteiger partial charge is 0.126 e. The summed E-state index contributed by atoms with van der Waals surface area (Å²) in [5.74, 6) is -0.228. The van der Waals surface area contributed by atoms with Gasteiger partial charge in [0.1, 0.15) is 5.82 Å². The second-order valence-electron chi connectivity index (χ2n) is 5.89. The van der Waals surface area contributed by atoms with Gasteiger partial charge in [-0.05, 0) is 50.0 Å². The zero-order chi connectivity index (χ0) is 14.8. The van der Waals surface area contributed by atoms with Crippen LogP contribution in [0.25, 0.3) is 0 Å². The van der Waals surface area contributed by atoms with Crippen LogP contribution in [0.15, 0.2) is 18.2 Å². The number of hydrogen-bond donors (Lipinski definition) is 1. The van der Waals surface area contributed by atoms with Gasteiger partial charge in [-0.15, -0.1) is 0 Å². The van der Waals surface area contributed by atoms with Gasteiger partial charge in [-0.2, -0.15) is 0 Å². The van der Waals surface area contributed by atoms with Crippen molar-refractivity contribution in [2.75, 3.05) is 13.1 Å². The lowest BCUT2D eigenvalue weighted by Gasteiger charge is -2.44. The van der Waals surface area contributed by atoms with Crippen LogP contribution in [0.2, 0.25) is 0 Å². The van der Waals surface area contributed by atoms with Gasteiger partial charge in [0.15, 0.2) is 0 Å². The minimum atomic E-state index is -0.611. The Morgan fingerprint density at radius 1 is 1.25 bits per heavy atom. The SMILES string of the molecule is CCN(CC)C1(C(O)c2ccc(C)c(F)c2)CCCC1. The van der Waals surface area contributed by atoms with Gasteiger partial charge in [0.05, 0.1) is 11.6 Å². The largest absolute Gasteiger partial charge is 0.386 e. The maximum atomic E-state index is 13.8. The molecule has 1 aliphatic carbocycles. The summed E-state index contributed by atoms with van der Waals surface area (Å²) in [6, 6.07) is 5.13. The van der Waals surface area contributed by atoms with Crippen molar-refractivity contribution in [3.8, 4) is 0 Å². The highest BCUT2D eigenvalue weighted by Gasteiger charge is 2.44. The average molecular weight is 279 g/mol. The van der Waals surface area contributed by atoms with Crippen molar-refractivity contribution in [1.82, 2.24) is 4.90 Å². The van der Waals surface area contributed by atoms with Gasteiger partial charge < -0.3 is 5.11 Å². The van der Waals surface area contributed by atoms with Crippen molar-refractivity contribution in [2.45, 2.75) is 58.1 Å². The van der Waals surface area contributed by atoms with Crippen molar-refractivity contribution >= 4 is 0 Å². The zero-order valence-corrected chi connectivity index (χ0v) is 12.8. The minimum absolute atomic E-state index is 0.217. The molecule has 0 bridgehead atoms. The summed E-state index contributed by atoms with van der Waals surface area (Å²) in [5, 5.41) is 10.9. The highest BCUT2D eigenvalue weighted by atomic mass is 19.1. The molecule has 0 aromatic heterocycles. The monoisotopic (exact) mass is 279 g/mol. The minimum Gasteiger partial charge on any atom is -0.386 e. The summed E-state index contributed by atoms with van der Waals surface area (Å²) < 4.78 is 13.8. The van der Waals surface area contributed by atoms with E-state index in [-0.39, 0.29) is 11.4 Å². The third kappa shape index (κ3) is 2.61. The number of aliphatic hydroxyl groups is 1. The van der Waals surface area contributed by atoms with E-state index in [9.17, 15) is 9.50 Å². The molecule has 1 N–H and O–H groups in total. The molecule has 1 unspecified atom stereocenters. The molecule has 20 heavy (non-hydrogen) atoms. The standard InChI is InChI=1S/C17H26FNO/c1-4-19(5-2)17(10-6-7-11-17)16(20)14-9-8-13(3)15(18)12-14/h8-9,12,16,20H,4-7,10-11H2,1-3H3. The van der Waals surface area contributed by atoms with Crippen LogP contribution in [0.5, 0.6) is 0 Å². The second-order valence-corrected chi connectivity index (χ2v) is 5.89. The highest BCUT2D eigenvalue weighted by molar-refractivity contribution is 5.27. The zero-order valence-electron chi connectivity index (χ0n) is 12.8. The quantitative estimate of drug-likeness (QED) is 0.885. The van der Waals surface area contributed by atoms with Crippen LogP contribution in [0.4, 0.5) is 4.39 Å². The maximum Gasteiger partial charge on any atom is 0.126 e. The fourth-order valence-electron chi connectivity index (χ4n) is 3.69. The van der Waals surface area contributed by atoms with Gasteiger partial charge >= 0.3 is 0 Å². The van der Waals surface area contributed by atoms with E-state index in [0.29, 0.717) is 11.1 Å². The Kier molecular flexibility index (Phi) is 4.82. The molecule has 1 aromatic carbocycles. The number of nitrogens with zero attached hydrogens (tertiary/aromatic N) is 1. The predicted octanol–water partition coefficient (Wildman–Crippen LogP) is 3.82. The van der Waals surface area contributed by atoms with E-state index in [2.05, 4.69) is 18.7 Å². The molecular weight excluding hydrogens is 253 g/mol. The topological polar surface area (TPSA) is 23.5 Å². The molecule has 0 heterocycles. The lowest BCUT2D eigenvalue weighted by Crippen LogP contribution is -2.51. The van der Waals surface area contributed by atoms with Crippen molar-refractivity contribution < 1.29 is 9.50 Å². The van der Waals surface area contributed by atoms with E-state index in [1.165, 1.54) is 6.07 Å². The van der Waals surface area contributed by atoms with Gasteiger partial charge in [-0.3, -0.25) is 4.90 Å². The van der Waals surface area contributed by atoms with E-state index < -0.39 is 6.10 Å². The molecule has 1 aliphatic rings. The Morgan fingerprint density at radius 3 is 2.35 bits per heavy atom. The van der Waals surface area contributed by atoms with Gasteiger partial charge in [0, 0.05) is 0 Å². The molecular formula is C17H26FNO. The number of hydrogen-bond acceptors (Lipinski definition) is 2. The van der Waals surface area contributed by atoms with E-state index in [0.717, 1.165) is 38.8 Å². The first-order chi connectivity index (χ1) is 9.55. The van der Waals surface area contributed by atoms with Crippen LogP contribution < -0.4 is 0 Å². The molecule has 1 saturated carbocycles. The van der Waals surface area contributed by atoms with Crippen molar-refractivity contribution in [1.29, 1.82) is 0 Å². The Hall–Kier alpha value is -0.930. The molecule has 0 radical (unpaired) electrons. The molecule has 3 heteroatoms. The van der Waals surface area contributed by atoms with Crippen LogP contribution in [0.3, 0.4) is 0 Å². The van der Waals surface area contributed by atoms with Gasteiger partial charge in [-0.1, -0.05) is 38.8 Å². The van der Waals surface area contributed by atoms with E-state index >= 15 is 0 Å². The van der Waals surface area contributed by atoms with Crippen LogP contribution in [0.1, 0.15) is 56.8 Å². The van der Waals surface area contributed by atoms with Crippen LogP contribution in [-0.2, 0) is 0 Å². The summed E-state index contributed by atoms with van der Waals surface area (Å²) in [6.07, 6.45) is 3.65. The number of aryl methyl sites for hydroxylation is 1.